The van der Waals surface area contributed by atoms with Crippen LogP contribution in [0.5, 0.6) is 0 Å². The minimum absolute atomic E-state index is 0.627. The Morgan fingerprint density at radius 3 is 2.46 bits per heavy atom. The van der Waals surface area contributed by atoms with Crippen LogP contribution in [0.2, 0.25) is 0 Å². The third kappa shape index (κ3) is 2.28. The Balaban J connectivity index is 3.00. The molecule has 64 valence electrons. The molecule has 0 saturated heterocycles. The molecular weight excluding hydrogens is 162 g/mol. The molecule has 0 fully saturated rings. The third-order valence-corrected chi connectivity index (χ3v) is 1.79. The molecule has 2 nitrogen and oxygen atoms in total. The first-order valence-corrected chi connectivity index (χ1v) is 3.90. The first-order chi connectivity index (χ1) is 6.27. The summed E-state index contributed by atoms with van der Waals surface area (Å²) in [5.74, 6) is 0. The van der Waals surface area contributed by atoms with E-state index < -0.39 is 0 Å². The zero-order chi connectivity index (χ0) is 9.68. The first-order valence-electron chi connectivity index (χ1n) is 3.90. The topological polar surface area (TPSA) is 40.9 Å². The number of hydrogen-bond acceptors (Lipinski definition) is 2. The molecule has 13 heavy (non-hydrogen) atoms. The minimum atomic E-state index is 0.627. The van der Waals surface area contributed by atoms with E-state index in [4.69, 9.17) is 5.26 Å². The minimum Gasteiger partial charge on any atom is -0.299 e. The SMILES string of the molecule is C/C(=C\C=O)c1ccc(C#N)cc1. The molecule has 1 rings (SSSR count). The zero-order valence-corrected chi connectivity index (χ0v) is 7.32. The second-order valence-corrected chi connectivity index (χ2v) is 2.67. The predicted octanol–water partition coefficient (Wildman–Crippen LogP) is 2.16. The number of carbonyl (C=O) groups excluding carboxylic acids is 1. The fraction of sp³-hybridized carbons (Fsp3) is 0.0909. The van der Waals surface area contributed by atoms with Crippen molar-refractivity contribution in [3.63, 3.8) is 0 Å². The molecule has 0 amide bonds. The molecule has 0 spiro atoms. The molecule has 0 aliphatic carbocycles. The standard InChI is InChI=1S/C11H9NO/c1-9(6-7-13)11-4-2-10(8-12)3-5-11/h2-7H,1H3/b9-6+. The fourth-order valence-corrected chi connectivity index (χ4v) is 1.01. The first kappa shape index (κ1) is 9.21. The molecule has 0 aromatic heterocycles. The number of hydrogen-bond donors (Lipinski definition) is 0. The van der Waals surface area contributed by atoms with Gasteiger partial charge in [-0.1, -0.05) is 12.1 Å². The molecule has 0 aliphatic heterocycles. The van der Waals surface area contributed by atoms with E-state index in [1.807, 2.05) is 25.1 Å². The second-order valence-electron chi connectivity index (χ2n) is 2.67. The molecule has 1 aromatic carbocycles. The molecule has 0 heterocycles. The van der Waals surface area contributed by atoms with Crippen LogP contribution in [0, 0.1) is 11.3 Å². The van der Waals surface area contributed by atoms with Gasteiger partial charge in [0.1, 0.15) is 6.29 Å². The van der Waals surface area contributed by atoms with Gasteiger partial charge in [-0.2, -0.15) is 5.26 Å². The van der Waals surface area contributed by atoms with E-state index in [1.54, 1.807) is 12.1 Å². The summed E-state index contributed by atoms with van der Waals surface area (Å²) >= 11 is 0. The van der Waals surface area contributed by atoms with Gasteiger partial charge in [-0.05, 0) is 36.3 Å². The van der Waals surface area contributed by atoms with E-state index in [0.717, 1.165) is 17.4 Å². The van der Waals surface area contributed by atoms with Gasteiger partial charge >= 0.3 is 0 Å². The summed E-state index contributed by atoms with van der Waals surface area (Å²) in [4.78, 5) is 10.2. The largest absolute Gasteiger partial charge is 0.299 e. The smallest absolute Gasteiger partial charge is 0.143 e. The highest BCUT2D eigenvalue weighted by molar-refractivity contribution is 5.80. The summed E-state index contributed by atoms with van der Waals surface area (Å²) in [6.45, 7) is 1.86. The Kier molecular flexibility index (Phi) is 2.99. The predicted molar refractivity (Wildman–Crippen MR) is 50.9 cm³/mol. The Labute approximate surface area is 77.1 Å². The van der Waals surface area contributed by atoms with Crippen LogP contribution in [0.15, 0.2) is 30.3 Å². The lowest BCUT2D eigenvalue weighted by Gasteiger charge is -1.98. The summed E-state index contributed by atoms with van der Waals surface area (Å²) in [5, 5.41) is 8.55. The molecule has 1 aromatic rings. The van der Waals surface area contributed by atoms with Crippen LogP contribution in [0.1, 0.15) is 18.1 Å². The van der Waals surface area contributed by atoms with Crippen molar-refractivity contribution >= 4 is 11.9 Å². The van der Waals surface area contributed by atoms with E-state index in [1.165, 1.54) is 6.08 Å². The summed E-state index contributed by atoms with van der Waals surface area (Å²) < 4.78 is 0. The lowest BCUT2D eigenvalue weighted by molar-refractivity contribution is -0.104. The van der Waals surface area contributed by atoms with Crippen molar-refractivity contribution in [1.82, 2.24) is 0 Å². The number of benzene rings is 1. The highest BCUT2D eigenvalue weighted by atomic mass is 16.1. The maximum Gasteiger partial charge on any atom is 0.143 e. The van der Waals surface area contributed by atoms with E-state index in [9.17, 15) is 4.79 Å². The molecule has 0 bridgehead atoms. The maximum atomic E-state index is 10.2. The van der Waals surface area contributed by atoms with Gasteiger partial charge in [0.25, 0.3) is 0 Å². The van der Waals surface area contributed by atoms with Crippen LogP contribution in [0.4, 0.5) is 0 Å². The Bertz CT molecular complexity index is 368. The number of nitrogens with zero attached hydrogens (tertiary/aromatic N) is 1. The van der Waals surface area contributed by atoms with Crippen LogP contribution >= 0.6 is 0 Å². The van der Waals surface area contributed by atoms with E-state index in [2.05, 4.69) is 0 Å². The van der Waals surface area contributed by atoms with Gasteiger partial charge in [-0.15, -0.1) is 0 Å². The maximum absolute atomic E-state index is 10.2. The number of carbonyl (C=O) groups is 1. The number of nitriles is 1. The fourth-order valence-electron chi connectivity index (χ4n) is 1.01. The molecule has 0 aliphatic rings. The third-order valence-electron chi connectivity index (χ3n) is 1.79. The number of allylic oxidation sites excluding steroid dienone is 2. The lowest BCUT2D eigenvalue weighted by atomic mass is 10.1. The normalized spacial score (nSPS) is 10.6. The van der Waals surface area contributed by atoms with Gasteiger partial charge in [0.2, 0.25) is 0 Å². The van der Waals surface area contributed by atoms with Crippen molar-refractivity contribution in [3.05, 3.63) is 41.5 Å². The average Bonchev–Trinajstić information content (AvgIpc) is 2.18. The quantitative estimate of drug-likeness (QED) is 0.505. The van der Waals surface area contributed by atoms with E-state index >= 15 is 0 Å². The van der Waals surface area contributed by atoms with Crippen LogP contribution in [-0.4, -0.2) is 6.29 Å². The lowest BCUT2D eigenvalue weighted by Crippen LogP contribution is -1.81. The highest BCUT2D eigenvalue weighted by Gasteiger charge is 1.94. The van der Waals surface area contributed by atoms with Gasteiger partial charge in [0.15, 0.2) is 0 Å². The summed E-state index contributed by atoms with van der Waals surface area (Å²) in [6, 6.07) is 9.16. The van der Waals surface area contributed by atoms with E-state index in [-0.39, 0.29) is 0 Å². The van der Waals surface area contributed by atoms with Crippen LogP contribution in [-0.2, 0) is 4.79 Å². The van der Waals surface area contributed by atoms with Crippen molar-refractivity contribution in [3.8, 4) is 6.07 Å². The van der Waals surface area contributed by atoms with Gasteiger partial charge in [-0.25, -0.2) is 0 Å². The van der Waals surface area contributed by atoms with Crippen molar-refractivity contribution in [2.45, 2.75) is 6.92 Å². The molecule has 0 atom stereocenters. The zero-order valence-electron chi connectivity index (χ0n) is 7.32. The molecular formula is C11H9NO. The molecule has 0 radical (unpaired) electrons. The molecule has 0 N–H and O–H groups in total. The van der Waals surface area contributed by atoms with Crippen LogP contribution < -0.4 is 0 Å². The van der Waals surface area contributed by atoms with Crippen molar-refractivity contribution < 1.29 is 4.79 Å². The van der Waals surface area contributed by atoms with E-state index in [0.29, 0.717) is 5.56 Å². The number of aldehydes is 1. The Morgan fingerprint density at radius 2 is 2.00 bits per heavy atom. The number of rotatable bonds is 2. The van der Waals surface area contributed by atoms with Gasteiger partial charge in [0.05, 0.1) is 11.6 Å². The second kappa shape index (κ2) is 4.22. The Hall–Kier alpha value is -1.88. The summed E-state index contributed by atoms with van der Waals surface area (Å²) in [5.41, 5.74) is 2.49. The van der Waals surface area contributed by atoms with Gasteiger partial charge in [-0.3, -0.25) is 4.79 Å². The van der Waals surface area contributed by atoms with Crippen molar-refractivity contribution in [2.75, 3.05) is 0 Å². The molecule has 0 saturated carbocycles. The summed E-state index contributed by atoms with van der Waals surface area (Å²) in [6.07, 6.45) is 2.26. The highest BCUT2D eigenvalue weighted by Crippen LogP contribution is 2.13. The van der Waals surface area contributed by atoms with Crippen LogP contribution in [0.25, 0.3) is 5.57 Å². The molecule has 2 heteroatoms. The van der Waals surface area contributed by atoms with Gasteiger partial charge < -0.3 is 0 Å². The van der Waals surface area contributed by atoms with Crippen LogP contribution in [0.3, 0.4) is 0 Å². The van der Waals surface area contributed by atoms with Gasteiger partial charge in [0, 0.05) is 0 Å². The summed E-state index contributed by atoms with van der Waals surface area (Å²) in [7, 11) is 0. The monoisotopic (exact) mass is 171 g/mol. The Morgan fingerprint density at radius 1 is 1.38 bits per heavy atom. The molecule has 0 unspecified atom stereocenters. The van der Waals surface area contributed by atoms with Crippen molar-refractivity contribution in [1.29, 1.82) is 5.26 Å². The average molecular weight is 171 g/mol. The van der Waals surface area contributed by atoms with Crippen molar-refractivity contribution in [2.24, 2.45) is 0 Å².